The number of carbonyl (C=O) groups excluding carboxylic acids is 2. The van der Waals surface area contributed by atoms with Gasteiger partial charge in [-0.3, -0.25) is 4.79 Å². The molecule has 6 nitrogen and oxygen atoms in total. The molecular formula is C16H16N2O4. The first-order chi connectivity index (χ1) is 10.6. The van der Waals surface area contributed by atoms with Crippen LogP contribution in [-0.4, -0.2) is 30.6 Å². The first-order valence-electron chi connectivity index (χ1n) is 6.73. The lowest BCUT2D eigenvalue weighted by atomic mass is 10.2. The lowest BCUT2D eigenvalue weighted by Gasteiger charge is -2.07. The second kappa shape index (κ2) is 7.21. The van der Waals surface area contributed by atoms with Gasteiger partial charge in [-0.2, -0.15) is 0 Å². The van der Waals surface area contributed by atoms with Gasteiger partial charge in [-0.05, 0) is 43.3 Å². The van der Waals surface area contributed by atoms with Crippen LogP contribution in [0.5, 0.6) is 5.75 Å². The number of pyridine rings is 1. The molecule has 0 unspecified atom stereocenters. The largest absolute Gasteiger partial charge is 0.497 e. The molecule has 0 atom stereocenters. The van der Waals surface area contributed by atoms with Crippen LogP contribution in [0, 0.1) is 0 Å². The average molecular weight is 300 g/mol. The molecule has 114 valence electrons. The van der Waals surface area contributed by atoms with Crippen LogP contribution in [0.15, 0.2) is 42.5 Å². The van der Waals surface area contributed by atoms with Crippen molar-refractivity contribution in [2.24, 2.45) is 0 Å². The van der Waals surface area contributed by atoms with E-state index < -0.39 is 11.9 Å². The summed E-state index contributed by atoms with van der Waals surface area (Å²) in [7, 11) is 1.57. The summed E-state index contributed by atoms with van der Waals surface area (Å²) in [5, 5.41) is 2.70. The predicted octanol–water partition coefficient (Wildman–Crippen LogP) is 2.52. The van der Waals surface area contributed by atoms with Crippen LogP contribution in [0.3, 0.4) is 0 Å². The Hall–Kier alpha value is -2.89. The first kappa shape index (κ1) is 15.5. The highest BCUT2D eigenvalue weighted by Crippen LogP contribution is 2.15. The Labute approximate surface area is 128 Å². The molecule has 6 heteroatoms. The number of ether oxygens (including phenoxy) is 2. The molecule has 0 saturated carbocycles. The fourth-order valence-electron chi connectivity index (χ4n) is 1.75. The summed E-state index contributed by atoms with van der Waals surface area (Å²) in [4.78, 5) is 27.8. The number of anilines is 1. The molecular weight excluding hydrogens is 284 g/mol. The van der Waals surface area contributed by atoms with Gasteiger partial charge in [0.05, 0.1) is 13.7 Å². The maximum absolute atomic E-state index is 12.1. The molecule has 0 aliphatic carbocycles. The molecule has 2 rings (SSSR count). The number of nitrogens with zero attached hydrogens (tertiary/aromatic N) is 1. The van der Waals surface area contributed by atoms with Crippen molar-refractivity contribution < 1.29 is 19.1 Å². The van der Waals surface area contributed by atoms with Crippen molar-refractivity contribution in [2.75, 3.05) is 19.0 Å². The molecule has 0 aliphatic heterocycles. The van der Waals surface area contributed by atoms with E-state index in [2.05, 4.69) is 10.3 Å². The van der Waals surface area contributed by atoms with Crippen molar-refractivity contribution in [2.45, 2.75) is 6.92 Å². The highest BCUT2D eigenvalue weighted by Gasteiger charge is 2.13. The minimum absolute atomic E-state index is 0.101. The third kappa shape index (κ3) is 3.82. The molecule has 0 aliphatic rings. The Morgan fingerprint density at radius 3 is 2.41 bits per heavy atom. The first-order valence-corrected chi connectivity index (χ1v) is 6.73. The van der Waals surface area contributed by atoms with E-state index in [4.69, 9.17) is 9.47 Å². The zero-order valence-corrected chi connectivity index (χ0v) is 12.3. The van der Waals surface area contributed by atoms with Crippen LogP contribution >= 0.6 is 0 Å². The van der Waals surface area contributed by atoms with Crippen molar-refractivity contribution in [3.8, 4) is 5.75 Å². The summed E-state index contributed by atoms with van der Waals surface area (Å²) in [6.45, 7) is 1.96. The van der Waals surface area contributed by atoms with Gasteiger partial charge in [-0.15, -0.1) is 0 Å². The highest BCUT2D eigenvalue weighted by molar-refractivity contribution is 6.03. The van der Waals surface area contributed by atoms with Crippen molar-refractivity contribution in [1.82, 2.24) is 4.98 Å². The molecule has 2 aromatic rings. The highest BCUT2D eigenvalue weighted by atomic mass is 16.5. The number of hydrogen-bond acceptors (Lipinski definition) is 5. The Morgan fingerprint density at radius 2 is 1.77 bits per heavy atom. The molecule has 1 heterocycles. The lowest BCUT2D eigenvalue weighted by molar-refractivity contribution is 0.0519. The van der Waals surface area contributed by atoms with Crippen LogP contribution in [0.1, 0.15) is 27.9 Å². The maximum atomic E-state index is 12.1. The zero-order chi connectivity index (χ0) is 15.9. The quantitative estimate of drug-likeness (QED) is 0.858. The standard InChI is InChI=1S/C16H16N2O4/c1-3-22-16(20)14-6-4-5-13(18-14)15(19)17-11-7-9-12(21-2)10-8-11/h4-10H,3H2,1-2H3,(H,17,19). The van der Waals surface area contributed by atoms with Gasteiger partial charge in [-0.25, -0.2) is 9.78 Å². The summed E-state index contributed by atoms with van der Waals surface area (Å²) in [6, 6.07) is 11.5. The fraction of sp³-hybridized carbons (Fsp3) is 0.188. The monoisotopic (exact) mass is 300 g/mol. The molecule has 0 saturated heterocycles. The molecule has 1 aromatic carbocycles. The predicted molar refractivity (Wildman–Crippen MR) is 81.1 cm³/mol. The lowest BCUT2D eigenvalue weighted by Crippen LogP contribution is -2.16. The molecule has 1 N–H and O–H groups in total. The van der Waals surface area contributed by atoms with Gasteiger partial charge in [0.2, 0.25) is 0 Å². The van der Waals surface area contributed by atoms with Crippen molar-refractivity contribution >= 4 is 17.6 Å². The summed E-state index contributed by atoms with van der Waals surface area (Å²) >= 11 is 0. The van der Waals surface area contributed by atoms with Crippen molar-refractivity contribution in [3.63, 3.8) is 0 Å². The molecule has 0 radical (unpaired) electrons. The van der Waals surface area contributed by atoms with Crippen LogP contribution in [0.25, 0.3) is 0 Å². The number of benzene rings is 1. The van der Waals surface area contributed by atoms with Gasteiger partial charge < -0.3 is 14.8 Å². The molecule has 1 amide bonds. The average Bonchev–Trinajstić information content (AvgIpc) is 2.56. The zero-order valence-electron chi connectivity index (χ0n) is 12.3. The number of esters is 1. The second-order valence-corrected chi connectivity index (χ2v) is 4.31. The number of rotatable bonds is 5. The summed E-state index contributed by atoms with van der Waals surface area (Å²) in [6.07, 6.45) is 0. The summed E-state index contributed by atoms with van der Waals surface area (Å²) < 4.78 is 9.91. The smallest absolute Gasteiger partial charge is 0.356 e. The maximum Gasteiger partial charge on any atom is 0.356 e. The third-order valence-corrected chi connectivity index (χ3v) is 2.81. The van der Waals surface area contributed by atoms with Crippen molar-refractivity contribution in [3.05, 3.63) is 53.9 Å². The van der Waals surface area contributed by atoms with Gasteiger partial charge in [0.15, 0.2) is 0 Å². The van der Waals surface area contributed by atoms with Gasteiger partial charge in [0, 0.05) is 5.69 Å². The minimum atomic E-state index is -0.554. The Kier molecular flexibility index (Phi) is 5.08. The van der Waals surface area contributed by atoms with Gasteiger partial charge in [-0.1, -0.05) is 6.07 Å². The number of hydrogen-bond donors (Lipinski definition) is 1. The normalized spacial score (nSPS) is 9.91. The minimum Gasteiger partial charge on any atom is -0.497 e. The van der Waals surface area contributed by atoms with Gasteiger partial charge in [0.25, 0.3) is 5.91 Å². The van der Waals surface area contributed by atoms with Crippen LogP contribution in [0.4, 0.5) is 5.69 Å². The molecule has 22 heavy (non-hydrogen) atoms. The van der Waals surface area contributed by atoms with Crippen LogP contribution < -0.4 is 10.1 Å². The topological polar surface area (TPSA) is 77.5 Å². The van der Waals surface area contributed by atoms with E-state index >= 15 is 0 Å². The molecule has 0 spiro atoms. The number of aromatic nitrogens is 1. The van der Waals surface area contributed by atoms with E-state index in [0.717, 1.165) is 0 Å². The second-order valence-electron chi connectivity index (χ2n) is 4.31. The van der Waals surface area contributed by atoms with E-state index in [1.165, 1.54) is 12.1 Å². The molecule has 0 bridgehead atoms. The van der Waals surface area contributed by atoms with E-state index in [-0.39, 0.29) is 18.0 Å². The number of nitrogens with one attached hydrogen (secondary N) is 1. The third-order valence-electron chi connectivity index (χ3n) is 2.81. The number of carbonyl (C=O) groups is 2. The summed E-state index contributed by atoms with van der Waals surface area (Å²) in [5.41, 5.74) is 0.847. The molecule has 0 fully saturated rings. The van der Waals surface area contributed by atoms with E-state index in [1.807, 2.05) is 0 Å². The van der Waals surface area contributed by atoms with Crippen molar-refractivity contribution in [1.29, 1.82) is 0 Å². The molecule has 1 aromatic heterocycles. The SMILES string of the molecule is CCOC(=O)c1cccc(C(=O)Nc2ccc(OC)cc2)n1. The Bertz CT molecular complexity index is 668. The van der Waals surface area contributed by atoms with Gasteiger partial charge in [0.1, 0.15) is 17.1 Å². The van der Waals surface area contributed by atoms with Crippen LogP contribution in [-0.2, 0) is 4.74 Å². The van der Waals surface area contributed by atoms with E-state index in [0.29, 0.717) is 11.4 Å². The summed E-state index contributed by atoms with van der Waals surface area (Å²) in [5.74, 6) is -0.265. The Morgan fingerprint density at radius 1 is 1.09 bits per heavy atom. The van der Waals surface area contributed by atoms with E-state index in [1.54, 1.807) is 44.4 Å². The number of methoxy groups -OCH3 is 1. The van der Waals surface area contributed by atoms with E-state index in [9.17, 15) is 9.59 Å². The fourth-order valence-corrected chi connectivity index (χ4v) is 1.75. The van der Waals surface area contributed by atoms with Crippen LogP contribution in [0.2, 0.25) is 0 Å². The number of amides is 1. The Balaban J connectivity index is 2.11. The van der Waals surface area contributed by atoms with Gasteiger partial charge >= 0.3 is 5.97 Å².